The van der Waals surface area contributed by atoms with E-state index in [2.05, 4.69) is 33.1 Å². The Labute approximate surface area is 517 Å². The zero-order valence-corrected chi connectivity index (χ0v) is 51.8. The van der Waals surface area contributed by atoms with E-state index < -0.39 is 88.6 Å². The van der Waals surface area contributed by atoms with E-state index in [0.29, 0.717) is 87.7 Å². The molecule has 0 spiro atoms. The maximum atomic E-state index is 15.8. The van der Waals surface area contributed by atoms with E-state index in [1.54, 1.807) is 69.0 Å². The van der Waals surface area contributed by atoms with Crippen LogP contribution in [0, 0.1) is 17.6 Å². The number of amides is 8. The van der Waals surface area contributed by atoms with E-state index in [1.807, 2.05) is 30.0 Å². The number of piperazine rings is 1. The minimum absolute atomic E-state index is 0.00988. The lowest BCUT2D eigenvalue weighted by atomic mass is 9.83. The van der Waals surface area contributed by atoms with Crippen LogP contribution in [-0.4, -0.2) is 199 Å². The van der Waals surface area contributed by atoms with E-state index >= 15 is 4.39 Å². The summed E-state index contributed by atoms with van der Waals surface area (Å²) in [5.41, 5.74) is 1.46. The number of nitrogens with one attached hydrogen (secondary N) is 4. The second-order valence-electron chi connectivity index (χ2n) is 25.2. The highest BCUT2D eigenvalue weighted by molar-refractivity contribution is 6.04. The number of rotatable bonds is 18. The van der Waals surface area contributed by atoms with Gasteiger partial charge in [-0.15, -0.1) is 0 Å². The maximum absolute atomic E-state index is 15.8. The van der Waals surface area contributed by atoms with Gasteiger partial charge in [0, 0.05) is 102 Å². The SMILES string of the molecule is C[C@@H]1COCCN1C[C@H]1CN(C(=O)O)[C@H](C)CN1CC(=O)N1CC(C)(C(=O)NCCNC(=O)c2ccc(F)c(NC(=O)[C@@H]3c4ccccc4CN3C(=O)[C@@H](NC(=O)[C@H](C)N(C)C(=O)OC(C)(C)C)C3CCOCC3)c2)c2ccc(Cc3ccc(F)cc3)cc21. The summed E-state index contributed by atoms with van der Waals surface area (Å²) in [5, 5.41) is 21.3. The Morgan fingerprint density at radius 3 is 2.25 bits per heavy atom. The number of morpholine rings is 1. The molecule has 0 bridgehead atoms. The molecule has 4 aromatic rings. The number of nitrogens with zero attached hydrogens (tertiary/aromatic N) is 6. The standard InChI is InChI=1S/C65H82F2N10O12/c1-39-32-74(48(35-75(39)62(84)85)34-73-25-28-88-37-40(73)2)36-54(78)77-38-65(7,50-19-15-43(30-53(50)77)29-42-13-17-47(66)18-14-42)61(83)69-24-23-68-58(80)45-16-20-51(67)52(31-45)70-59(81)56-49-12-10-9-11-46(49)33-76(56)60(82)55(44-21-26-87-27-22-44)71-57(79)41(3)72(8)63(86)89-64(4,5)6/h9-20,30-31,39-41,44,48,55-56H,21-29,32-38H2,1-8H3,(H,68,80)(H,69,83)(H,70,81)(H,71,79)(H,84,85)/t39-,40-,41+,48+,55+,56+,65?/m1/s1. The van der Waals surface area contributed by atoms with Gasteiger partial charge in [-0.05, 0) is 138 Å². The molecular weight excluding hydrogens is 1150 g/mol. The number of ether oxygens (including phenoxy) is 3. The van der Waals surface area contributed by atoms with Crippen molar-refractivity contribution in [3.63, 3.8) is 0 Å². The molecule has 0 aromatic heterocycles. The zero-order valence-electron chi connectivity index (χ0n) is 51.8. The summed E-state index contributed by atoms with van der Waals surface area (Å²) in [5.74, 6) is -4.95. The molecule has 4 aromatic carbocycles. The Hall–Kier alpha value is -8.06. The lowest BCUT2D eigenvalue weighted by Gasteiger charge is -2.47. The molecule has 3 saturated heterocycles. The first-order valence-corrected chi connectivity index (χ1v) is 30.4. The molecule has 0 radical (unpaired) electrons. The maximum Gasteiger partial charge on any atom is 0.410 e. The lowest BCUT2D eigenvalue weighted by Crippen LogP contribution is -2.64. The van der Waals surface area contributed by atoms with Crippen LogP contribution in [0.5, 0.6) is 0 Å². The quantitative estimate of drug-likeness (QED) is 0.0754. The number of halogens is 2. The Balaban J connectivity index is 0.868. The molecule has 3 fully saturated rings. The van der Waals surface area contributed by atoms with Crippen molar-refractivity contribution in [1.29, 1.82) is 0 Å². The number of hydrogen-bond donors (Lipinski definition) is 5. The Kier molecular flexibility index (Phi) is 20.4. The van der Waals surface area contributed by atoms with Crippen molar-refractivity contribution >= 4 is 59.0 Å². The molecule has 5 heterocycles. The highest BCUT2D eigenvalue weighted by Gasteiger charge is 2.49. The fourth-order valence-corrected chi connectivity index (χ4v) is 12.5. The third-order valence-electron chi connectivity index (χ3n) is 17.7. The molecule has 22 nitrogen and oxygen atoms in total. The number of carbonyl (C=O) groups excluding carboxylic acids is 7. The third-order valence-corrected chi connectivity index (χ3v) is 17.7. The van der Waals surface area contributed by atoms with Crippen LogP contribution in [0.1, 0.15) is 106 Å². The second-order valence-corrected chi connectivity index (χ2v) is 25.2. The fraction of sp³-hybridized carbons (Fsp3) is 0.508. The fourth-order valence-electron chi connectivity index (χ4n) is 12.5. The largest absolute Gasteiger partial charge is 0.465 e. The summed E-state index contributed by atoms with van der Waals surface area (Å²) < 4.78 is 46.4. The molecule has 8 amide bonds. The monoisotopic (exact) mass is 1230 g/mol. The highest BCUT2D eigenvalue weighted by Crippen LogP contribution is 2.43. The summed E-state index contributed by atoms with van der Waals surface area (Å²) in [6, 6.07) is 18.0. The Morgan fingerprint density at radius 2 is 1.54 bits per heavy atom. The van der Waals surface area contributed by atoms with Crippen molar-refractivity contribution in [2.24, 2.45) is 5.92 Å². The average Bonchev–Trinajstić information content (AvgIpc) is 1.70. The van der Waals surface area contributed by atoms with Gasteiger partial charge in [0.25, 0.3) is 11.8 Å². The summed E-state index contributed by atoms with van der Waals surface area (Å²) in [4.78, 5) is 122. The van der Waals surface area contributed by atoms with E-state index in [4.69, 9.17) is 14.2 Å². The van der Waals surface area contributed by atoms with Gasteiger partial charge in [-0.2, -0.15) is 0 Å². The van der Waals surface area contributed by atoms with Gasteiger partial charge in [0.1, 0.15) is 35.4 Å². The molecule has 7 atom stereocenters. The van der Waals surface area contributed by atoms with Crippen LogP contribution < -0.4 is 26.2 Å². The van der Waals surface area contributed by atoms with Crippen molar-refractivity contribution in [3.05, 3.63) is 130 Å². The molecule has 5 aliphatic heterocycles. The smallest absolute Gasteiger partial charge is 0.410 e. The van der Waals surface area contributed by atoms with E-state index in [9.17, 15) is 47.9 Å². The Bertz CT molecular complexity index is 3310. The molecule has 5 N–H and O–H groups in total. The van der Waals surface area contributed by atoms with E-state index in [1.165, 1.54) is 48.0 Å². The van der Waals surface area contributed by atoms with Crippen LogP contribution in [-0.2, 0) is 56.6 Å². The normalized spacial score (nSPS) is 22.1. The number of benzene rings is 4. The van der Waals surface area contributed by atoms with Crippen LogP contribution in [0.2, 0.25) is 0 Å². The molecule has 1 unspecified atom stereocenters. The van der Waals surface area contributed by atoms with Gasteiger partial charge in [0.05, 0.1) is 30.9 Å². The number of carboxylic acid groups (broad SMARTS) is 1. The number of anilines is 2. The second kappa shape index (κ2) is 27.8. The molecule has 5 aliphatic rings. The van der Waals surface area contributed by atoms with Crippen LogP contribution in [0.25, 0.3) is 0 Å². The number of fused-ring (bicyclic) bond motifs is 2. The van der Waals surface area contributed by atoms with Gasteiger partial charge >= 0.3 is 12.2 Å². The van der Waals surface area contributed by atoms with Gasteiger partial charge in [0.2, 0.25) is 23.6 Å². The molecule has 24 heteroatoms. The minimum Gasteiger partial charge on any atom is -0.465 e. The van der Waals surface area contributed by atoms with Gasteiger partial charge in [-0.3, -0.25) is 43.5 Å². The predicted molar refractivity (Wildman–Crippen MR) is 326 cm³/mol. The topological polar surface area (TPSA) is 252 Å². The van der Waals surface area contributed by atoms with Crippen LogP contribution in [0.15, 0.2) is 84.9 Å². The summed E-state index contributed by atoms with van der Waals surface area (Å²) in [7, 11) is 1.42. The minimum atomic E-state index is -1.28. The van der Waals surface area contributed by atoms with Crippen molar-refractivity contribution < 1.29 is 66.5 Å². The first kappa shape index (κ1) is 65.4. The molecule has 478 valence electrons. The first-order valence-electron chi connectivity index (χ1n) is 30.4. The summed E-state index contributed by atoms with van der Waals surface area (Å²) >= 11 is 0. The van der Waals surface area contributed by atoms with Crippen molar-refractivity contribution in [2.75, 3.05) is 96.0 Å². The van der Waals surface area contributed by atoms with Crippen LogP contribution in [0.4, 0.5) is 29.7 Å². The third kappa shape index (κ3) is 15.2. The number of likely N-dealkylation sites (N-methyl/N-ethyl adjacent to an activating group) is 1. The number of hydrogen-bond acceptors (Lipinski definition) is 13. The van der Waals surface area contributed by atoms with Crippen LogP contribution >= 0.6 is 0 Å². The van der Waals surface area contributed by atoms with Gasteiger partial charge in [-0.1, -0.05) is 48.5 Å². The summed E-state index contributed by atoms with van der Waals surface area (Å²) in [6.07, 6.45) is -0.505. The van der Waals surface area contributed by atoms with Crippen molar-refractivity contribution in [1.82, 2.24) is 40.4 Å². The van der Waals surface area contributed by atoms with Gasteiger partial charge < -0.3 is 55.3 Å². The first-order chi connectivity index (χ1) is 42.3. The van der Waals surface area contributed by atoms with Gasteiger partial charge in [0.15, 0.2) is 0 Å². The van der Waals surface area contributed by atoms with Crippen LogP contribution in [0.3, 0.4) is 0 Å². The zero-order chi connectivity index (χ0) is 64.1. The average molecular weight is 1230 g/mol. The summed E-state index contributed by atoms with van der Waals surface area (Å²) in [6.45, 7) is 15.4. The molecule has 0 saturated carbocycles. The predicted octanol–water partition coefficient (Wildman–Crippen LogP) is 5.67. The van der Waals surface area contributed by atoms with E-state index in [-0.39, 0.29) is 74.3 Å². The molecule has 89 heavy (non-hydrogen) atoms. The molecular formula is C65H82F2N10O12. The lowest BCUT2D eigenvalue weighted by molar-refractivity contribution is -0.144. The van der Waals surface area contributed by atoms with Crippen molar-refractivity contribution in [2.45, 2.75) is 122 Å². The molecule has 9 rings (SSSR count). The molecule has 0 aliphatic carbocycles. The van der Waals surface area contributed by atoms with Crippen molar-refractivity contribution in [3.8, 4) is 0 Å². The Morgan fingerprint density at radius 1 is 0.831 bits per heavy atom. The number of carbonyl (C=O) groups is 8. The van der Waals surface area contributed by atoms with E-state index in [0.717, 1.165) is 22.1 Å². The van der Waals surface area contributed by atoms with Gasteiger partial charge in [-0.25, -0.2) is 18.4 Å². The highest BCUT2D eigenvalue weighted by atomic mass is 19.1.